The molecule has 6 aromatic rings. The minimum absolute atomic E-state index is 0.0349. The van der Waals surface area contributed by atoms with E-state index in [1.54, 1.807) is 0 Å². The number of carbonyl (C=O) groups is 4. The zero-order valence-corrected chi connectivity index (χ0v) is 34.8. The first kappa shape index (κ1) is 39.6. The number of rotatable bonds is 10. The Kier molecular flexibility index (Phi) is 10.7. The van der Waals surface area contributed by atoms with Gasteiger partial charge in [0.25, 0.3) is 0 Å². The van der Waals surface area contributed by atoms with Crippen LogP contribution in [0, 0.1) is 11.8 Å². The number of amides is 4. The number of methoxy groups -OCH3 is 1. The maximum atomic E-state index is 13.7. The molecule has 4 atom stereocenters. The van der Waals surface area contributed by atoms with Gasteiger partial charge in [-0.05, 0) is 84.4 Å². The second-order valence-corrected chi connectivity index (χ2v) is 16.7. The van der Waals surface area contributed by atoms with E-state index < -0.39 is 18.2 Å². The molecule has 14 heteroatoms. The molecule has 3 aromatic heterocycles. The number of aromatic nitrogens is 5. The lowest BCUT2D eigenvalue weighted by molar-refractivity contribution is -0.138. The highest BCUT2D eigenvalue weighted by molar-refractivity contribution is 6.06. The summed E-state index contributed by atoms with van der Waals surface area (Å²) in [4.78, 5) is 71.8. The predicted octanol–water partition coefficient (Wildman–Crippen LogP) is 7.13. The van der Waals surface area contributed by atoms with Gasteiger partial charge >= 0.3 is 6.09 Å². The van der Waals surface area contributed by atoms with Crippen LogP contribution in [-0.2, 0) is 26.2 Å². The van der Waals surface area contributed by atoms with E-state index >= 15 is 0 Å². The average Bonchev–Trinajstić information content (AvgIpc) is 4.07. The zero-order valence-electron chi connectivity index (χ0n) is 34.8. The topological polar surface area (TPSA) is 170 Å². The number of aromatic amines is 2. The summed E-state index contributed by atoms with van der Waals surface area (Å²) >= 11 is 0. The SMILES string of the molecule is COC(=O)N[C@H](C(=O)N1CCC[C@H]1c1nc2ccc3cc(-c4ccc5c(c4)cc(-c4cnc([C@@H]6CCCN6C(=O)[C@@H](NC(C)=O)C(C)C)[nH]4)n5C)ccc3c2[nH]1)C(C)C. The number of nitrogens with one attached hydrogen (secondary N) is 4. The van der Waals surface area contributed by atoms with Crippen molar-refractivity contribution in [2.24, 2.45) is 18.9 Å². The quantitative estimate of drug-likeness (QED) is 0.114. The number of carbonyl (C=O) groups excluding carboxylic acids is 4. The molecule has 308 valence electrons. The molecule has 0 saturated carbocycles. The average molecular weight is 800 g/mol. The van der Waals surface area contributed by atoms with Gasteiger partial charge in [-0.25, -0.2) is 14.8 Å². The predicted molar refractivity (Wildman–Crippen MR) is 227 cm³/mol. The zero-order chi connectivity index (χ0) is 41.7. The number of imidazole rings is 2. The minimum atomic E-state index is -0.695. The first-order valence-electron chi connectivity index (χ1n) is 20.6. The summed E-state index contributed by atoms with van der Waals surface area (Å²) in [6, 6.07) is 17.6. The van der Waals surface area contributed by atoms with Gasteiger partial charge in [-0.1, -0.05) is 52.0 Å². The number of hydrogen-bond acceptors (Lipinski definition) is 7. The molecule has 0 radical (unpaired) electrons. The van der Waals surface area contributed by atoms with Crippen LogP contribution < -0.4 is 10.6 Å². The van der Waals surface area contributed by atoms with Crippen LogP contribution in [0.4, 0.5) is 4.79 Å². The van der Waals surface area contributed by atoms with E-state index in [0.717, 1.165) is 92.6 Å². The van der Waals surface area contributed by atoms with Crippen molar-refractivity contribution in [1.29, 1.82) is 0 Å². The molecule has 59 heavy (non-hydrogen) atoms. The van der Waals surface area contributed by atoms with Gasteiger partial charge in [-0.15, -0.1) is 0 Å². The summed E-state index contributed by atoms with van der Waals surface area (Å²) in [5, 5.41) is 8.78. The third kappa shape index (κ3) is 7.40. The van der Waals surface area contributed by atoms with E-state index in [-0.39, 0.29) is 41.6 Å². The first-order valence-corrected chi connectivity index (χ1v) is 20.6. The summed E-state index contributed by atoms with van der Waals surface area (Å²) in [5.41, 5.74) is 6.89. The van der Waals surface area contributed by atoms with E-state index in [1.165, 1.54) is 14.0 Å². The number of alkyl carbamates (subject to hydrolysis) is 1. The highest BCUT2D eigenvalue weighted by Gasteiger charge is 2.39. The van der Waals surface area contributed by atoms with Crippen LogP contribution in [0.3, 0.4) is 0 Å². The monoisotopic (exact) mass is 799 g/mol. The number of H-pyrrole nitrogens is 2. The van der Waals surface area contributed by atoms with Crippen molar-refractivity contribution in [1.82, 2.24) is 44.9 Å². The molecule has 0 bridgehead atoms. The number of nitrogens with zero attached hydrogens (tertiary/aromatic N) is 5. The molecule has 2 aliphatic heterocycles. The van der Waals surface area contributed by atoms with Gasteiger partial charge in [-0.2, -0.15) is 0 Å². The van der Waals surface area contributed by atoms with Crippen molar-refractivity contribution in [3.05, 3.63) is 72.4 Å². The van der Waals surface area contributed by atoms with E-state index in [0.29, 0.717) is 13.1 Å². The molecular formula is C45H53N9O5. The van der Waals surface area contributed by atoms with Crippen LogP contribution in [0.15, 0.2) is 60.8 Å². The number of aryl methyl sites for hydroxylation is 1. The smallest absolute Gasteiger partial charge is 0.407 e. The van der Waals surface area contributed by atoms with Gasteiger partial charge in [0.2, 0.25) is 17.7 Å². The van der Waals surface area contributed by atoms with Gasteiger partial charge in [0.05, 0.1) is 47.8 Å². The first-order chi connectivity index (χ1) is 28.3. The van der Waals surface area contributed by atoms with Crippen LogP contribution in [0.2, 0.25) is 0 Å². The normalized spacial score (nSPS) is 18.1. The van der Waals surface area contributed by atoms with Crippen LogP contribution in [-0.4, -0.2) is 90.4 Å². The van der Waals surface area contributed by atoms with Crippen LogP contribution in [0.1, 0.15) is 84.0 Å². The van der Waals surface area contributed by atoms with Gasteiger partial charge in [0.1, 0.15) is 23.7 Å². The van der Waals surface area contributed by atoms with Crippen molar-refractivity contribution in [2.45, 2.75) is 84.5 Å². The van der Waals surface area contributed by atoms with Crippen molar-refractivity contribution in [3.8, 4) is 22.5 Å². The molecule has 2 fully saturated rings. The third-order valence-corrected chi connectivity index (χ3v) is 12.1. The Morgan fingerprint density at radius 1 is 0.780 bits per heavy atom. The van der Waals surface area contributed by atoms with Gasteiger partial charge < -0.3 is 39.7 Å². The molecule has 0 unspecified atom stereocenters. The molecule has 0 spiro atoms. The van der Waals surface area contributed by atoms with E-state index in [1.807, 2.05) is 56.8 Å². The van der Waals surface area contributed by atoms with Gasteiger partial charge in [0, 0.05) is 43.4 Å². The maximum Gasteiger partial charge on any atom is 0.407 e. The molecule has 2 aliphatic rings. The molecule has 4 amide bonds. The lowest BCUT2D eigenvalue weighted by atomic mass is 9.99. The van der Waals surface area contributed by atoms with Crippen molar-refractivity contribution < 1.29 is 23.9 Å². The van der Waals surface area contributed by atoms with E-state index in [2.05, 4.69) is 73.7 Å². The number of benzene rings is 3. The highest BCUT2D eigenvalue weighted by atomic mass is 16.5. The Morgan fingerprint density at radius 2 is 1.41 bits per heavy atom. The number of hydrogen-bond donors (Lipinski definition) is 4. The molecule has 0 aliphatic carbocycles. The minimum Gasteiger partial charge on any atom is -0.453 e. The Balaban J connectivity index is 1.03. The maximum absolute atomic E-state index is 13.7. The fourth-order valence-electron chi connectivity index (χ4n) is 9.01. The Hall–Kier alpha value is -6.18. The number of likely N-dealkylation sites (tertiary alicyclic amines) is 2. The molecule has 5 heterocycles. The third-order valence-electron chi connectivity index (χ3n) is 12.1. The Morgan fingerprint density at radius 3 is 2.05 bits per heavy atom. The standard InChI is InChI=1S/C45H53N9O5/c1-24(2)38(47-26(5)55)43(56)53-18-8-10-35(53)41-46-23-33(49-41)37-22-30-21-28(14-17-34(30)52(37)6)27-12-15-31-29(20-27)13-16-32-40(31)50-42(48-32)36-11-9-19-54(36)44(57)39(25(3)4)51-45(58)59-7/h12-17,20-25,35-36,38-39H,8-11,18-19H2,1-7H3,(H,46,49)(H,47,55)(H,48,50)(H,51,58)/t35-,36-,38-,39-/m0/s1. The molecule has 2 saturated heterocycles. The van der Waals surface area contributed by atoms with Crippen LogP contribution >= 0.6 is 0 Å². The molecule has 14 nitrogen and oxygen atoms in total. The van der Waals surface area contributed by atoms with Crippen LogP contribution in [0.25, 0.3) is 55.2 Å². The Labute approximate surface area is 343 Å². The molecular weight excluding hydrogens is 747 g/mol. The van der Waals surface area contributed by atoms with Crippen LogP contribution in [0.5, 0.6) is 0 Å². The molecule has 3 aromatic carbocycles. The van der Waals surface area contributed by atoms with Gasteiger partial charge in [0.15, 0.2) is 0 Å². The fraction of sp³-hybridized carbons (Fsp3) is 0.422. The summed E-state index contributed by atoms with van der Waals surface area (Å²) in [7, 11) is 3.35. The summed E-state index contributed by atoms with van der Waals surface area (Å²) < 4.78 is 6.95. The van der Waals surface area contributed by atoms with E-state index in [9.17, 15) is 19.2 Å². The highest BCUT2D eigenvalue weighted by Crippen LogP contribution is 2.37. The number of fused-ring (bicyclic) bond motifs is 4. The second-order valence-electron chi connectivity index (χ2n) is 16.7. The molecule has 8 rings (SSSR count). The Bertz CT molecular complexity index is 2580. The summed E-state index contributed by atoms with van der Waals surface area (Å²) in [6.45, 7) is 10.4. The van der Waals surface area contributed by atoms with Crippen molar-refractivity contribution in [2.75, 3.05) is 20.2 Å². The largest absolute Gasteiger partial charge is 0.453 e. The number of ether oxygens (including phenoxy) is 1. The fourth-order valence-corrected chi connectivity index (χ4v) is 9.01. The second kappa shape index (κ2) is 15.9. The lowest BCUT2D eigenvalue weighted by Crippen LogP contribution is -2.51. The summed E-state index contributed by atoms with van der Waals surface area (Å²) in [6.07, 6.45) is 4.52. The van der Waals surface area contributed by atoms with Crippen molar-refractivity contribution in [3.63, 3.8) is 0 Å². The van der Waals surface area contributed by atoms with Crippen molar-refractivity contribution >= 4 is 56.5 Å². The lowest BCUT2D eigenvalue weighted by Gasteiger charge is -2.30. The van der Waals surface area contributed by atoms with E-state index in [4.69, 9.17) is 14.7 Å². The van der Waals surface area contributed by atoms with Gasteiger partial charge in [-0.3, -0.25) is 14.4 Å². The summed E-state index contributed by atoms with van der Waals surface area (Å²) in [5.74, 6) is 0.926. The molecule has 4 N–H and O–H groups in total.